The number of ether oxygens (including phenoxy) is 2. The monoisotopic (exact) mass is 732 g/mol. The highest BCUT2D eigenvalue weighted by molar-refractivity contribution is 5.90. The van der Waals surface area contributed by atoms with Crippen LogP contribution in [0.5, 0.6) is 0 Å². The van der Waals surface area contributed by atoms with Crippen LogP contribution in [0.25, 0.3) is 0 Å². The lowest BCUT2D eigenvalue weighted by Crippen LogP contribution is -2.59. The van der Waals surface area contributed by atoms with Gasteiger partial charge < -0.3 is 35.0 Å². The Morgan fingerprint density at radius 1 is 0.904 bits per heavy atom. The molecule has 1 aromatic rings. The van der Waals surface area contributed by atoms with Crippen molar-refractivity contribution in [3.05, 3.63) is 35.9 Å². The van der Waals surface area contributed by atoms with Crippen LogP contribution < -0.4 is 10.6 Å². The molecule has 12 nitrogen and oxygen atoms in total. The second-order valence-corrected chi connectivity index (χ2v) is 15.6. The molecule has 7 unspecified atom stereocenters. The van der Waals surface area contributed by atoms with E-state index in [4.69, 9.17) is 9.47 Å². The van der Waals surface area contributed by atoms with Crippen molar-refractivity contribution in [2.24, 2.45) is 23.7 Å². The van der Waals surface area contributed by atoms with Gasteiger partial charge >= 0.3 is 0 Å². The van der Waals surface area contributed by atoms with Crippen LogP contribution in [-0.4, -0.2) is 128 Å². The molecule has 1 fully saturated rings. The molecule has 1 aromatic carbocycles. The fourth-order valence-electron chi connectivity index (χ4n) is 7.78. The quantitative estimate of drug-likeness (QED) is 0.184. The van der Waals surface area contributed by atoms with Gasteiger partial charge in [0.25, 0.3) is 0 Å². The Hall–Kier alpha value is -3.06. The minimum Gasteiger partial charge on any atom is -0.386 e. The Morgan fingerprint density at radius 3 is 2.02 bits per heavy atom. The van der Waals surface area contributed by atoms with Crippen molar-refractivity contribution in [2.45, 2.75) is 130 Å². The van der Waals surface area contributed by atoms with E-state index in [1.807, 2.05) is 90.9 Å². The summed E-state index contributed by atoms with van der Waals surface area (Å²) in [6.07, 6.45) is 0.148. The largest absolute Gasteiger partial charge is 0.386 e. The summed E-state index contributed by atoms with van der Waals surface area (Å²) in [5, 5.41) is 16.8. The zero-order valence-electron chi connectivity index (χ0n) is 34.1. The van der Waals surface area contributed by atoms with Gasteiger partial charge in [-0.05, 0) is 57.2 Å². The average molecular weight is 732 g/mol. The molecule has 52 heavy (non-hydrogen) atoms. The first-order chi connectivity index (χ1) is 24.4. The summed E-state index contributed by atoms with van der Waals surface area (Å²) in [4.78, 5) is 60.6. The Kier molecular flexibility index (Phi) is 18.2. The number of carbonyl (C=O) groups excluding carboxylic acids is 4. The summed E-state index contributed by atoms with van der Waals surface area (Å²) in [5.74, 6) is -1.57. The van der Waals surface area contributed by atoms with Crippen LogP contribution in [0.2, 0.25) is 0 Å². The smallest absolute Gasteiger partial charge is 0.245 e. The number of benzene rings is 1. The summed E-state index contributed by atoms with van der Waals surface area (Å²) in [5.41, 5.74) is 0.711. The number of nitrogens with zero attached hydrogens (tertiary/aromatic N) is 3. The van der Waals surface area contributed by atoms with E-state index in [-0.39, 0.29) is 53.8 Å². The molecule has 0 bridgehead atoms. The molecule has 12 heteroatoms. The third kappa shape index (κ3) is 11.5. The van der Waals surface area contributed by atoms with Crippen LogP contribution in [-0.2, 0) is 28.7 Å². The van der Waals surface area contributed by atoms with Crippen molar-refractivity contribution >= 4 is 23.6 Å². The van der Waals surface area contributed by atoms with Crippen LogP contribution in [0.15, 0.2) is 30.3 Å². The highest BCUT2D eigenvalue weighted by atomic mass is 16.5. The van der Waals surface area contributed by atoms with Crippen molar-refractivity contribution in [3.63, 3.8) is 0 Å². The number of amides is 4. The molecule has 1 aliphatic heterocycles. The lowest BCUT2D eigenvalue weighted by Gasteiger charge is -2.41. The van der Waals surface area contributed by atoms with E-state index in [2.05, 4.69) is 10.6 Å². The Labute approximate surface area is 313 Å². The molecular weight excluding hydrogens is 662 g/mol. The van der Waals surface area contributed by atoms with Gasteiger partial charge in [0.15, 0.2) is 0 Å². The van der Waals surface area contributed by atoms with Gasteiger partial charge in [-0.25, -0.2) is 0 Å². The zero-order valence-corrected chi connectivity index (χ0v) is 34.1. The topological polar surface area (TPSA) is 141 Å². The maximum absolute atomic E-state index is 14.2. The highest BCUT2D eigenvalue weighted by Gasteiger charge is 2.43. The van der Waals surface area contributed by atoms with Crippen LogP contribution in [0, 0.1) is 23.7 Å². The molecule has 10 atom stereocenters. The summed E-state index contributed by atoms with van der Waals surface area (Å²) >= 11 is 0. The van der Waals surface area contributed by atoms with Gasteiger partial charge in [0.05, 0.1) is 54.8 Å². The van der Waals surface area contributed by atoms with Crippen LogP contribution in [0.3, 0.4) is 0 Å². The fourth-order valence-corrected chi connectivity index (χ4v) is 7.78. The summed E-state index contributed by atoms with van der Waals surface area (Å²) in [6.45, 7) is 16.0. The number of rotatable bonds is 20. The number of hydrogen-bond acceptors (Lipinski definition) is 8. The molecule has 296 valence electrons. The summed E-state index contributed by atoms with van der Waals surface area (Å²) < 4.78 is 11.9. The normalized spacial score (nSPS) is 20.1. The van der Waals surface area contributed by atoms with Gasteiger partial charge in [-0.3, -0.25) is 24.1 Å². The minimum atomic E-state index is -0.876. The maximum Gasteiger partial charge on any atom is 0.245 e. The molecule has 3 N–H and O–H groups in total. The number of likely N-dealkylation sites (tertiary alicyclic amines) is 1. The predicted molar refractivity (Wildman–Crippen MR) is 204 cm³/mol. The second kappa shape index (κ2) is 21.0. The number of carbonyl (C=O) groups is 4. The molecule has 2 rings (SSSR count). The number of aliphatic hydroxyl groups is 1. The summed E-state index contributed by atoms with van der Waals surface area (Å²) in [6, 6.07) is 6.72. The maximum atomic E-state index is 14.2. The molecule has 1 heterocycles. The second-order valence-electron chi connectivity index (χ2n) is 15.6. The number of nitrogens with one attached hydrogen (secondary N) is 2. The average Bonchev–Trinajstić information content (AvgIpc) is 3.59. The Balaban J connectivity index is 2.25. The fraction of sp³-hybridized carbons (Fsp3) is 0.750. The standard InChI is InChI=1S/C40H69N5O7/c1-14-26(6)35(44(11)40(50)33(24(2)3)42-39(49)34(25(4)5)43(9)10)31(51-12)23-32(46)45-22-18-21-30(45)37(52-13)27(7)38(48)41-28(8)36(47)29-19-16-15-17-20-29/h15-17,19-20,24-28,30-31,33-37,47H,14,18,21-23H2,1-13H3,(H,41,48)(H,42,49)/t26-,27?,28?,30?,31?,33-,34-,35?,36?,37?/m0/s1. The molecule has 1 saturated heterocycles. The molecule has 4 amide bonds. The molecule has 0 aromatic heterocycles. The number of likely N-dealkylation sites (N-methyl/N-ethyl adjacent to an activating group) is 2. The first kappa shape index (κ1) is 45.1. The molecule has 0 saturated carbocycles. The predicted octanol–water partition coefficient (Wildman–Crippen LogP) is 3.87. The SMILES string of the molecule is CC[C@H](C)C(C(CC(=O)N1CCCC1C(OC)C(C)C(=O)NC(C)C(O)c1ccccc1)OC)N(C)C(=O)[C@@H](NC(=O)[C@H](C(C)C)N(C)C)C(C)C. The van der Waals surface area contributed by atoms with Gasteiger partial charge in [-0.1, -0.05) is 85.2 Å². The number of methoxy groups -OCH3 is 2. The van der Waals surface area contributed by atoms with Crippen LogP contribution >= 0.6 is 0 Å². The van der Waals surface area contributed by atoms with Crippen molar-refractivity contribution in [1.82, 2.24) is 25.3 Å². The first-order valence-corrected chi connectivity index (χ1v) is 19.0. The number of hydrogen-bond donors (Lipinski definition) is 3. The van der Waals surface area contributed by atoms with Crippen molar-refractivity contribution < 1.29 is 33.8 Å². The van der Waals surface area contributed by atoms with E-state index >= 15 is 0 Å². The Morgan fingerprint density at radius 2 is 1.52 bits per heavy atom. The van der Waals surface area contributed by atoms with Crippen LogP contribution in [0.4, 0.5) is 0 Å². The molecule has 0 spiro atoms. The Bertz CT molecular complexity index is 1270. The lowest BCUT2D eigenvalue weighted by atomic mass is 9.89. The van der Waals surface area contributed by atoms with E-state index in [0.29, 0.717) is 18.5 Å². The third-order valence-electron chi connectivity index (χ3n) is 10.9. The van der Waals surface area contributed by atoms with E-state index < -0.39 is 48.4 Å². The van der Waals surface area contributed by atoms with Gasteiger partial charge in [-0.15, -0.1) is 0 Å². The van der Waals surface area contributed by atoms with Gasteiger partial charge in [-0.2, -0.15) is 0 Å². The van der Waals surface area contributed by atoms with E-state index in [0.717, 1.165) is 12.8 Å². The van der Waals surface area contributed by atoms with Gasteiger partial charge in [0.2, 0.25) is 23.6 Å². The van der Waals surface area contributed by atoms with Gasteiger partial charge in [0, 0.05) is 27.8 Å². The lowest BCUT2D eigenvalue weighted by molar-refractivity contribution is -0.148. The van der Waals surface area contributed by atoms with E-state index in [1.165, 1.54) is 0 Å². The van der Waals surface area contributed by atoms with E-state index in [9.17, 15) is 24.3 Å². The van der Waals surface area contributed by atoms with Crippen molar-refractivity contribution in [1.29, 1.82) is 0 Å². The summed E-state index contributed by atoms with van der Waals surface area (Å²) in [7, 11) is 8.57. The molecule has 0 aliphatic carbocycles. The minimum absolute atomic E-state index is 0.0153. The van der Waals surface area contributed by atoms with Crippen molar-refractivity contribution in [3.8, 4) is 0 Å². The molecule has 1 aliphatic rings. The first-order valence-electron chi connectivity index (χ1n) is 19.0. The van der Waals surface area contributed by atoms with Gasteiger partial charge in [0.1, 0.15) is 6.04 Å². The molecule has 0 radical (unpaired) electrons. The molecular formula is C40H69N5O7. The van der Waals surface area contributed by atoms with Crippen LogP contribution in [0.1, 0.15) is 92.7 Å². The zero-order chi connectivity index (χ0) is 39.4. The third-order valence-corrected chi connectivity index (χ3v) is 10.9. The van der Waals surface area contributed by atoms with E-state index in [1.54, 1.807) is 44.9 Å². The van der Waals surface area contributed by atoms with Crippen molar-refractivity contribution in [2.75, 3.05) is 41.9 Å². The number of aliphatic hydroxyl groups excluding tert-OH is 1. The highest BCUT2D eigenvalue weighted by Crippen LogP contribution is 2.30.